The molecule has 0 N–H and O–H groups in total. The lowest BCUT2D eigenvalue weighted by atomic mass is 10.1. The summed E-state index contributed by atoms with van der Waals surface area (Å²) in [6.45, 7) is 5.78. The number of rotatable bonds is 3. The Balaban J connectivity index is 1.50. The summed E-state index contributed by atoms with van der Waals surface area (Å²) >= 11 is 0. The first-order valence-electron chi connectivity index (χ1n) is 8.72. The molecule has 5 rings (SSSR count). The highest BCUT2D eigenvalue weighted by molar-refractivity contribution is 5.88. The molecule has 4 heterocycles. The highest BCUT2D eigenvalue weighted by Gasteiger charge is 2.31. The van der Waals surface area contributed by atoms with Crippen molar-refractivity contribution in [2.75, 3.05) is 18.0 Å². The number of benzene rings is 1. The molecule has 130 valence electrons. The minimum Gasteiger partial charge on any atom is -0.351 e. The molecule has 1 fully saturated rings. The van der Waals surface area contributed by atoms with Crippen LogP contribution in [0.3, 0.4) is 0 Å². The molecule has 1 aromatic carbocycles. The molecule has 1 saturated heterocycles. The van der Waals surface area contributed by atoms with Gasteiger partial charge < -0.3 is 4.90 Å². The second kappa shape index (κ2) is 5.66. The van der Waals surface area contributed by atoms with Crippen LogP contribution >= 0.6 is 0 Å². The van der Waals surface area contributed by atoms with Crippen molar-refractivity contribution in [1.29, 1.82) is 0 Å². The molecule has 0 radical (unpaired) electrons. The molecule has 0 bridgehead atoms. The van der Waals surface area contributed by atoms with Gasteiger partial charge in [0, 0.05) is 19.3 Å². The summed E-state index contributed by atoms with van der Waals surface area (Å²) in [5.74, 6) is 1.71. The van der Waals surface area contributed by atoms with Gasteiger partial charge in [-0.05, 0) is 31.5 Å². The molecule has 0 spiro atoms. The lowest BCUT2D eigenvalue weighted by Gasteiger charge is -2.40. The van der Waals surface area contributed by atoms with Gasteiger partial charge in [0.2, 0.25) is 0 Å². The predicted octanol–water partition coefficient (Wildman–Crippen LogP) is 2.69. The van der Waals surface area contributed by atoms with Crippen LogP contribution in [0, 0.1) is 13.8 Å². The maximum atomic E-state index is 4.70. The molecule has 26 heavy (non-hydrogen) atoms. The van der Waals surface area contributed by atoms with E-state index in [9.17, 15) is 0 Å². The van der Waals surface area contributed by atoms with Crippen molar-refractivity contribution in [2.24, 2.45) is 0 Å². The van der Waals surface area contributed by atoms with Crippen molar-refractivity contribution < 1.29 is 0 Å². The van der Waals surface area contributed by atoms with Gasteiger partial charge in [-0.15, -0.1) is 0 Å². The van der Waals surface area contributed by atoms with E-state index in [0.717, 1.165) is 41.5 Å². The van der Waals surface area contributed by atoms with Crippen LogP contribution in [-0.2, 0) is 0 Å². The van der Waals surface area contributed by atoms with Gasteiger partial charge >= 0.3 is 0 Å². The third kappa shape index (κ3) is 2.35. The lowest BCUT2D eigenvalue weighted by Crippen LogP contribution is -2.48. The van der Waals surface area contributed by atoms with E-state index in [0.29, 0.717) is 6.04 Å². The first-order valence-corrected chi connectivity index (χ1v) is 8.72. The van der Waals surface area contributed by atoms with E-state index in [4.69, 9.17) is 4.98 Å². The molecule has 0 unspecified atom stereocenters. The third-order valence-electron chi connectivity index (χ3n) is 4.79. The van der Waals surface area contributed by atoms with Gasteiger partial charge in [-0.2, -0.15) is 10.2 Å². The summed E-state index contributed by atoms with van der Waals surface area (Å²) in [4.78, 5) is 11.6. The van der Waals surface area contributed by atoms with Crippen LogP contribution in [0.25, 0.3) is 16.7 Å². The Morgan fingerprint density at radius 3 is 2.50 bits per heavy atom. The van der Waals surface area contributed by atoms with E-state index in [2.05, 4.69) is 33.2 Å². The SMILES string of the molecule is Cc1cnn(C2CN(c3nc(C)nc4c3cnn4-c3ccccc3)C2)c1. The third-order valence-corrected chi connectivity index (χ3v) is 4.79. The van der Waals surface area contributed by atoms with Crippen LogP contribution in [0.15, 0.2) is 48.9 Å². The fourth-order valence-corrected chi connectivity index (χ4v) is 3.43. The molecule has 1 aliphatic rings. The topological polar surface area (TPSA) is 64.7 Å². The second-order valence-corrected chi connectivity index (χ2v) is 6.78. The van der Waals surface area contributed by atoms with Crippen LogP contribution in [0.4, 0.5) is 5.82 Å². The van der Waals surface area contributed by atoms with Gasteiger partial charge in [0.05, 0.1) is 29.5 Å². The first kappa shape index (κ1) is 15.1. The van der Waals surface area contributed by atoms with E-state index in [1.165, 1.54) is 5.56 Å². The number of para-hydroxylation sites is 1. The largest absolute Gasteiger partial charge is 0.351 e. The van der Waals surface area contributed by atoms with Gasteiger partial charge in [0.15, 0.2) is 5.65 Å². The van der Waals surface area contributed by atoms with Crippen LogP contribution in [0.5, 0.6) is 0 Å². The average Bonchev–Trinajstić information content (AvgIpc) is 3.21. The van der Waals surface area contributed by atoms with E-state index in [1.54, 1.807) is 0 Å². The molecule has 0 amide bonds. The Kier molecular flexibility index (Phi) is 3.28. The number of aromatic nitrogens is 6. The quantitative estimate of drug-likeness (QED) is 0.571. The smallest absolute Gasteiger partial charge is 0.168 e. The number of aryl methyl sites for hydroxylation is 2. The van der Waals surface area contributed by atoms with Crippen molar-refractivity contribution in [1.82, 2.24) is 29.5 Å². The highest BCUT2D eigenvalue weighted by Crippen LogP contribution is 2.32. The summed E-state index contributed by atoms with van der Waals surface area (Å²) in [5.41, 5.74) is 3.03. The van der Waals surface area contributed by atoms with E-state index >= 15 is 0 Å². The molecule has 4 aromatic rings. The van der Waals surface area contributed by atoms with E-state index in [-0.39, 0.29) is 0 Å². The zero-order valence-corrected chi connectivity index (χ0v) is 14.7. The number of hydrogen-bond donors (Lipinski definition) is 0. The van der Waals surface area contributed by atoms with E-state index < -0.39 is 0 Å². The van der Waals surface area contributed by atoms with Crippen molar-refractivity contribution in [2.45, 2.75) is 19.9 Å². The monoisotopic (exact) mass is 345 g/mol. The second-order valence-electron chi connectivity index (χ2n) is 6.78. The molecular formula is C19H19N7. The number of fused-ring (bicyclic) bond motifs is 1. The molecule has 0 saturated carbocycles. The molecule has 0 atom stereocenters. The molecular weight excluding hydrogens is 326 g/mol. The van der Waals surface area contributed by atoms with Crippen molar-refractivity contribution in [3.8, 4) is 5.69 Å². The Morgan fingerprint density at radius 1 is 0.962 bits per heavy atom. The number of anilines is 1. The number of hydrogen-bond acceptors (Lipinski definition) is 5. The fraction of sp³-hybridized carbons (Fsp3) is 0.263. The minimum atomic E-state index is 0.387. The summed E-state index contributed by atoms with van der Waals surface area (Å²) in [5, 5.41) is 9.97. The molecule has 7 heteroatoms. The zero-order valence-electron chi connectivity index (χ0n) is 14.7. The minimum absolute atomic E-state index is 0.387. The Morgan fingerprint density at radius 2 is 1.77 bits per heavy atom. The summed E-state index contributed by atoms with van der Waals surface area (Å²) in [6.07, 6.45) is 5.86. The Bertz CT molecular complexity index is 1070. The molecule has 0 aliphatic carbocycles. The lowest BCUT2D eigenvalue weighted by molar-refractivity contribution is 0.366. The average molecular weight is 345 g/mol. The standard InChI is InChI=1S/C19H19N7/c1-13-8-20-25(10-13)16-11-24(12-16)18-17-9-21-26(15-6-4-3-5-7-15)19(17)23-14(2)22-18/h3-10,16H,11-12H2,1-2H3. The van der Waals surface area contributed by atoms with Crippen LogP contribution in [-0.4, -0.2) is 42.6 Å². The van der Waals surface area contributed by atoms with Crippen LogP contribution in [0.1, 0.15) is 17.4 Å². The predicted molar refractivity (Wildman–Crippen MR) is 99.6 cm³/mol. The van der Waals surface area contributed by atoms with Gasteiger partial charge in [-0.3, -0.25) is 4.68 Å². The summed E-state index contributed by atoms with van der Waals surface area (Å²) in [7, 11) is 0. The van der Waals surface area contributed by atoms with Gasteiger partial charge in [-0.1, -0.05) is 18.2 Å². The normalized spacial score (nSPS) is 14.8. The van der Waals surface area contributed by atoms with Gasteiger partial charge in [-0.25, -0.2) is 14.6 Å². The van der Waals surface area contributed by atoms with Crippen molar-refractivity contribution >= 4 is 16.9 Å². The number of nitrogens with zero attached hydrogens (tertiary/aromatic N) is 7. The fourth-order valence-electron chi connectivity index (χ4n) is 3.43. The van der Waals surface area contributed by atoms with Gasteiger partial charge in [0.1, 0.15) is 11.6 Å². The van der Waals surface area contributed by atoms with Gasteiger partial charge in [0.25, 0.3) is 0 Å². The van der Waals surface area contributed by atoms with Crippen LogP contribution in [0.2, 0.25) is 0 Å². The Labute approximate surface area is 150 Å². The van der Waals surface area contributed by atoms with Crippen LogP contribution < -0.4 is 4.90 Å². The van der Waals surface area contributed by atoms with Crippen molar-refractivity contribution in [3.05, 3.63) is 60.3 Å². The molecule has 3 aromatic heterocycles. The maximum absolute atomic E-state index is 4.70. The zero-order chi connectivity index (χ0) is 17.7. The Hall–Kier alpha value is -3.22. The van der Waals surface area contributed by atoms with E-state index in [1.807, 2.05) is 59.0 Å². The summed E-state index contributed by atoms with van der Waals surface area (Å²) in [6, 6.07) is 10.5. The molecule has 7 nitrogen and oxygen atoms in total. The maximum Gasteiger partial charge on any atom is 0.168 e. The summed E-state index contributed by atoms with van der Waals surface area (Å²) < 4.78 is 3.92. The highest BCUT2D eigenvalue weighted by atomic mass is 15.4. The first-order chi connectivity index (χ1) is 12.7. The van der Waals surface area contributed by atoms with Crippen molar-refractivity contribution in [3.63, 3.8) is 0 Å². The molecule has 1 aliphatic heterocycles.